The molecular weight excluding hydrogens is 400 g/mol. The van der Waals surface area contributed by atoms with Gasteiger partial charge in [-0.15, -0.1) is 0 Å². The third-order valence-electron chi connectivity index (χ3n) is 4.62. The summed E-state index contributed by atoms with van der Waals surface area (Å²) in [5, 5.41) is 2.24. The van der Waals surface area contributed by atoms with Gasteiger partial charge in [0.2, 0.25) is 5.91 Å². The van der Waals surface area contributed by atoms with Gasteiger partial charge in [-0.05, 0) is 56.3 Å². The number of hydrogen-bond acceptors (Lipinski definition) is 5. The highest BCUT2D eigenvalue weighted by Crippen LogP contribution is 2.34. The van der Waals surface area contributed by atoms with Gasteiger partial charge in [0.15, 0.2) is 0 Å². The van der Waals surface area contributed by atoms with E-state index in [1.165, 1.54) is 0 Å². The first-order chi connectivity index (χ1) is 14.4. The zero-order valence-corrected chi connectivity index (χ0v) is 18.0. The van der Waals surface area contributed by atoms with Crippen LogP contribution in [0.25, 0.3) is 6.08 Å². The minimum atomic E-state index is -0.484. The third kappa shape index (κ3) is 5.30. The van der Waals surface area contributed by atoms with E-state index in [4.69, 9.17) is 4.74 Å². The molecule has 2 aromatic carbocycles. The molecule has 1 N–H and O–H groups in total. The van der Waals surface area contributed by atoms with Crippen molar-refractivity contribution < 1.29 is 19.1 Å². The van der Waals surface area contributed by atoms with Crippen molar-refractivity contribution in [2.45, 2.75) is 33.3 Å². The first-order valence-corrected chi connectivity index (χ1v) is 10.6. The van der Waals surface area contributed by atoms with E-state index in [1.807, 2.05) is 57.2 Å². The Balaban J connectivity index is 1.71. The maximum absolute atomic E-state index is 12.7. The lowest BCUT2D eigenvalue weighted by molar-refractivity contribution is -0.127. The van der Waals surface area contributed by atoms with Gasteiger partial charge in [0, 0.05) is 11.3 Å². The molecule has 3 amide bonds. The van der Waals surface area contributed by atoms with Crippen molar-refractivity contribution in [1.29, 1.82) is 0 Å². The van der Waals surface area contributed by atoms with Crippen LogP contribution in [-0.2, 0) is 9.59 Å². The van der Waals surface area contributed by atoms with E-state index in [1.54, 1.807) is 18.2 Å². The number of nitrogens with one attached hydrogen (secondary N) is 1. The van der Waals surface area contributed by atoms with E-state index in [0.29, 0.717) is 17.0 Å². The second-order valence-corrected chi connectivity index (χ2v) is 8.05. The van der Waals surface area contributed by atoms with Gasteiger partial charge in [-0.2, -0.15) is 0 Å². The number of imide groups is 1. The predicted octanol–water partition coefficient (Wildman–Crippen LogP) is 4.85. The summed E-state index contributed by atoms with van der Waals surface area (Å²) in [5.41, 5.74) is 2.40. The maximum atomic E-state index is 12.7. The summed E-state index contributed by atoms with van der Waals surface area (Å²) in [5.74, 6) is -0.263. The predicted molar refractivity (Wildman–Crippen MR) is 119 cm³/mol. The molecule has 0 bridgehead atoms. The second-order valence-electron chi connectivity index (χ2n) is 7.06. The van der Waals surface area contributed by atoms with E-state index in [2.05, 4.69) is 5.32 Å². The van der Waals surface area contributed by atoms with Gasteiger partial charge in [-0.25, -0.2) is 0 Å². The molecule has 0 saturated carbocycles. The Labute approximate surface area is 180 Å². The molecule has 0 radical (unpaired) electrons. The van der Waals surface area contributed by atoms with Crippen molar-refractivity contribution in [1.82, 2.24) is 4.90 Å². The molecule has 30 heavy (non-hydrogen) atoms. The van der Waals surface area contributed by atoms with Crippen LogP contribution in [0.2, 0.25) is 0 Å². The number of thioether (sulfide) groups is 1. The van der Waals surface area contributed by atoms with Gasteiger partial charge in [0.1, 0.15) is 12.3 Å². The average molecular weight is 425 g/mol. The summed E-state index contributed by atoms with van der Waals surface area (Å²) in [4.78, 5) is 38.6. The zero-order valence-electron chi connectivity index (χ0n) is 17.2. The summed E-state index contributed by atoms with van der Waals surface area (Å²) in [6.45, 7) is 5.61. The molecule has 3 rings (SSSR count). The van der Waals surface area contributed by atoms with Gasteiger partial charge in [-0.1, -0.05) is 42.8 Å². The molecular formula is C23H24N2O4S. The number of aryl methyl sites for hydroxylation is 1. The van der Waals surface area contributed by atoms with Crippen LogP contribution in [0.3, 0.4) is 0 Å². The summed E-state index contributed by atoms with van der Waals surface area (Å²) < 4.78 is 5.91. The number of carbonyl (C=O) groups excluding carboxylic acids is 3. The molecule has 1 unspecified atom stereocenters. The molecule has 1 aliphatic heterocycles. The highest BCUT2D eigenvalue weighted by molar-refractivity contribution is 8.18. The Bertz CT molecular complexity index is 985. The molecule has 2 aromatic rings. The zero-order chi connectivity index (χ0) is 21.7. The van der Waals surface area contributed by atoms with Crippen LogP contribution >= 0.6 is 11.8 Å². The van der Waals surface area contributed by atoms with Gasteiger partial charge in [0.25, 0.3) is 11.1 Å². The van der Waals surface area contributed by atoms with Crippen LogP contribution in [0.4, 0.5) is 10.5 Å². The number of rotatable bonds is 7. The Hall–Kier alpha value is -3.06. The van der Waals surface area contributed by atoms with Crippen molar-refractivity contribution in [2.75, 3.05) is 11.9 Å². The first-order valence-electron chi connectivity index (χ1n) is 9.75. The van der Waals surface area contributed by atoms with Crippen molar-refractivity contribution in [2.24, 2.45) is 0 Å². The molecule has 1 fully saturated rings. The largest absolute Gasteiger partial charge is 0.490 e. The van der Waals surface area contributed by atoms with Crippen LogP contribution < -0.4 is 10.1 Å². The topological polar surface area (TPSA) is 75.7 Å². The van der Waals surface area contributed by atoms with Crippen LogP contribution in [-0.4, -0.2) is 34.6 Å². The number of carbonyl (C=O) groups is 3. The third-order valence-corrected chi connectivity index (χ3v) is 5.53. The van der Waals surface area contributed by atoms with Crippen molar-refractivity contribution in [3.05, 3.63) is 64.6 Å². The molecule has 1 aliphatic rings. The maximum Gasteiger partial charge on any atom is 0.294 e. The average Bonchev–Trinajstić information content (AvgIpc) is 2.98. The fraction of sp³-hybridized carbons (Fsp3) is 0.261. The Morgan fingerprint density at radius 3 is 2.57 bits per heavy atom. The minimum absolute atomic E-state index is 0.0279. The number of nitrogens with zero attached hydrogens (tertiary/aromatic N) is 1. The van der Waals surface area contributed by atoms with Crippen molar-refractivity contribution in [3.8, 4) is 5.75 Å². The lowest BCUT2D eigenvalue weighted by Gasteiger charge is -2.15. The van der Waals surface area contributed by atoms with E-state index in [0.717, 1.165) is 28.6 Å². The molecule has 6 nitrogen and oxygen atoms in total. The first kappa shape index (κ1) is 21.6. The number of para-hydroxylation sites is 1. The quantitative estimate of drug-likeness (QED) is 0.643. The highest BCUT2D eigenvalue weighted by Gasteiger charge is 2.36. The van der Waals surface area contributed by atoms with E-state index >= 15 is 0 Å². The monoisotopic (exact) mass is 424 g/mol. The van der Waals surface area contributed by atoms with E-state index in [9.17, 15) is 14.4 Å². The molecule has 0 aliphatic carbocycles. The number of ether oxygens (including phenoxy) is 1. The summed E-state index contributed by atoms with van der Waals surface area (Å²) >= 11 is 0.823. The molecule has 0 aromatic heterocycles. The Morgan fingerprint density at radius 2 is 1.87 bits per heavy atom. The SMILES string of the molecule is CCC(C)Oc1ccccc1/C=C1\SC(=O)N(CC(=O)Nc2ccc(C)cc2)C1=O. The molecule has 1 heterocycles. The van der Waals surface area contributed by atoms with Gasteiger partial charge in [0.05, 0.1) is 11.0 Å². The normalized spacial score (nSPS) is 16.1. The van der Waals surface area contributed by atoms with E-state index in [-0.39, 0.29) is 17.6 Å². The van der Waals surface area contributed by atoms with Crippen molar-refractivity contribution in [3.63, 3.8) is 0 Å². The molecule has 1 saturated heterocycles. The van der Waals surface area contributed by atoms with Crippen LogP contribution in [0.5, 0.6) is 5.75 Å². The minimum Gasteiger partial charge on any atom is -0.490 e. The molecule has 0 spiro atoms. The molecule has 1 atom stereocenters. The molecule has 156 valence electrons. The van der Waals surface area contributed by atoms with E-state index < -0.39 is 17.1 Å². The highest BCUT2D eigenvalue weighted by atomic mass is 32.2. The number of benzene rings is 2. The second kappa shape index (κ2) is 9.63. The summed E-state index contributed by atoms with van der Waals surface area (Å²) in [6, 6.07) is 14.6. The van der Waals surface area contributed by atoms with Crippen LogP contribution in [0, 0.1) is 6.92 Å². The number of anilines is 1. The van der Waals surface area contributed by atoms with Crippen LogP contribution in [0.15, 0.2) is 53.4 Å². The van der Waals surface area contributed by atoms with Crippen molar-refractivity contribution >= 4 is 40.6 Å². The summed E-state index contributed by atoms with van der Waals surface area (Å²) in [6.07, 6.45) is 2.52. The number of hydrogen-bond donors (Lipinski definition) is 1. The smallest absolute Gasteiger partial charge is 0.294 e. The standard InChI is InChI=1S/C23H24N2O4S/c1-4-16(3)29-19-8-6-5-7-17(19)13-20-22(27)25(23(28)30-20)14-21(26)24-18-11-9-15(2)10-12-18/h5-13,16H,4,14H2,1-3H3,(H,24,26)/b20-13-. The van der Waals surface area contributed by atoms with Gasteiger partial charge in [-0.3, -0.25) is 19.3 Å². The molecule has 7 heteroatoms. The Morgan fingerprint density at radius 1 is 1.17 bits per heavy atom. The fourth-order valence-corrected chi connectivity index (χ4v) is 3.59. The lowest BCUT2D eigenvalue weighted by atomic mass is 10.1. The summed E-state index contributed by atoms with van der Waals surface area (Å²) in [7, 11) is 0. The number of amides is 3. The Kier molecular flexibility index (Phi) is 6.95. The fourth-order valence-electron chi connectivity index (χ4n) is 2.77. The van der Waals surface area contributed by atoms with Gasteiger partial charge >= 0.3 is 0 Å². The van der Waals surface area contributed by atoms with Crippen LogP contribution in [0.1, 0.15) is 31.4 Å². The van der Waals surface area contributed by atoms with Gasteiger partial charge < -0.3 is 10.1 Å². The lowest BCUT2D eigenvalue weighted by Crippen LogP contribution is -2.36.